The highest BCUT2D eigenvalue weighted by molar-refractivity contribution is 5.72. The number of aliphatic hydroxyl groups is 1. The summed E-state index contributed by atoms with van der Waals surface area (Å²) in [6.45, 7) is 4.39. The summed E-state index contributed by atoms with van der Waals surface area (Å²) in [6, 6.07) is 14.4. The molecular weight excluding hydrogens is 208 g/mol. The van der Waals surface area contributed by atoms with Crippen LogP contribution in [0.3, 0.4) is 0 Å². The van der Waals surface area contributed by atoms with Gasteiger partial charge in [-0.3, -0.25) is 0 Å². The molecule has 0 aliphatic heterocycles. The molecule has 0 atom stereocenters. The normalized spacial score (nSPS) is 10.5. The van der Waals surface area contributed by atoms with Gasteiger partial charge >= 0.3 is 0 Å². The molecule has 2 aromatic carbocycles. The molecule has 0 spiro atoms. The molecule has 2 rings (SSSR count). The second-order valence-corrected chi connectivity index (χ2v) is 4.27. The monoisotopic (exact) mass is 226 g/mol. The highest BCUT2D eigenvalue weighted by Crippen LogP contribution is 2.30. The van der Waals surface area contributed by atoms with E-state index < -0.39 is 0 Å². The van der Waals surface area contributed by atoms with Crippen LogP contribution in [0.5, 0.6) is 0 Å². The molecule has 0 aromatic heterocycles. The standard InChI is InChI=1S/C16H18O/c1-3-15-12(2)9-10-14(11-17)16(15)13-7-5-4-6-8-13/h4-10,17H,3,11H2,1-2H3. The van der Waals surface area contributed by atoms with Gasteiger partial charge in [-0.05, 0) is 41.2 Å². The highest BCUT2D eigenvalue weighted by Gasteiger charge is 2.11. The van der Waals surface area contributed by atoms with E-state index >= 15 is 0 Å². The minimum absolute atomic E-state index is 0.0947. The second kappa shape index (κ2) is 5.15. The maximum absolute atomic E-state index is 9.49. The van der Waals surface area contributed by atoms with Gasteiger partial charge in [0.25, 0.3) is 0 Å². The summed E-state index contributed by atoms with van der Waals surface area (Å²) >= 11 is 0. The van der Waals surface area contributed by atoms with E-state index in [1.165, 1.54) is 22.3 Å². The molecule has 0 amide bonds. The molecule has 1 heteroatoms. The van der Waals surface area contributed by atoms with E-state index in [4.69, 9.17) is 0 Å². The molecule has 0 saturated heterocycles. The summed E-state index contributed by atoms with van der Waals surface area (Å²) in [5.74, 6) is 0. The molecule has 1 nitrogen and oxygen atoms in total. The Morgan fingerprint density at radius 3 is 2.29 bits per heavy atom. The van der Waals surface area contributed by atoms with Crippen LogP contribution >= 0.6 is 0 Å². The molecule has 0 aliphatic carbocycles. The van der Waals surface area contributed by atoms with E-state index in [9.17, 15) is 5.11 Å². The van der Waals surface area contributed by atoms with Gasteiger partial charge in [0.1, 0.15) is 0 Å². The Labute approximate surface area is 103 Å². The minimum atomic E-state index is 0.0947. The zero-order chi connectivity index (χ0) is 12.3. The summed E-state index contributed by atoms with van der Waals surface area (Å²) in [6.07, 6.45) is 0.990. The maximum atomic E-state index is 9.49. The van der Waals surface area contributed by atoms with Crippen molar-refractivity contribution < 1.29 is 5.11 Å². The number of aryl methyl sites for hydroxylation is 1. The van der Waals surface area contributed by atoms with Crippen LogP contribution in [-0.2, 0) is 13.0 Å². The van der Waals surface area contributed by atoms with Crippen molar-refractivity contribution in [3.63, 3.8) is 0 Å². The van der Waals surface area contributed by atoms with E-state index in [2.05, 4.69) is 32.0 Å². The van der Waals surface area contributed by atoms with Gasteiger partial charge in [-0.25, -0.2) is 0 Å². The summed E-state index contributed by atoms with van der Waals surface area (Å²) in [4.78, 5) is 0. The van der Waals surface area contributed by atoms with Crippen molar-refractivity contribution in [2.45, 2.75) is 26.9 Å². The van der Waals surface area contributed by atoms with E-state index in [1.807, 2.05) is 24.3 Å². The average molecular weight is 226 g/mol. The first-order valence-corrected chi connectivity index (χ1v) is 6.05. The van der Waals surface area contributed by atoms with E-state index in [1.54, 1.807) is 0 Å². The lowest BCUT2D eigenvalue weighted by molar-refractivity contribution is 0.282. The molecule has 0 saturated carbocycles. The average Bonchev–Trinajstić information content (AvgIpc) is 2.39. The molecule has 88 valence electrons. The van der Waals surface area contributed by atoms with Crippen LogP contribution in [0.2, 0.25) is 0 Å². The van der Waals surface area contributed by atoms with E-state index in [-0.39, 0.29) is 6.61 Å². The second-order valence-electron chi connectivity index (χ2n) is 4.27. The Bertz CT molecular complexity index is 500. The van der Waals surface area contributed by atoms with Gasteiger partial charge < -0.3 is 5.11 Å². The molecule has 0 heterocycles. The van der Waals surface area contributed by atoms with Crippen LogP contribution in [0, 0.1) is 6.92 Å². The fraction of sp³-hybridized carbons (Fsp3) is 0.250. The van der Waals surface area contributed by atoms with Crippen molar-refractivity contribution in [2.24, 2.45) is 0 Å². The lowest BCUT2D eigenvalue weighted by Crippen LogP contribution is -1.98. The highest BCUT2D eigenvalue weighted by atomic mass is 16.3. The summed E-state index contributed by atoms with van der Waals surface area (Å²) in [5, 5.41) is 9.49. The van der Waals surface area contributed by atoms with Gasteiger partial charge in [-0.2, -0.15) is 0 Å². The third kappa shape index (κ3) is 2.25. The number of rotatable bonds is 3. The quantitative estimate of drug-likeness (QED) is 0.845. The Hall–Kier alpha value is -1.60. The predicted octanol–water partition coefficient (Wildman–Crippen LogP) is 3.72. The van der Waals surface area contributed by atoms with Crippen molar-refractivity contribution in [3.05, 3.63) is 59.2 Å². The number of hydrogen-bond acceptors (Lipinski definition) is 1. The topological polar surface area (TPSA) is 20.2 Å². The van der Waals surface area contributed by atoms with Crippen molar-refractivity contribution in [3.8, 4) is 11.1 Å². The molecular formula is C16H18O. The van der Waals surface area contributed by atoms with Crippen molar-refractivity contribution >= 4 is 0 Å². The largest absolute Gasteiger partial charge is 0.392 e. The minimum Gasteiger partial charge on any atom is -0.392 e. The van der Waals surface area contributed by atoms with E-state index in [0.29, 0.717) is 0 Å². The molecule has 17 heavy (non-hydrogen) atoms. The smallest absolute Gasteiger partial charge is 0.0687 e. The van der Waals surface area contributed by atoms with Crippen LogP contribution in [0.15, 0.2) is 42.5 Å². The fourth-order valence-electron chi connectivity index (χ4n) is 2.35. The third-order valence-electron chi connectivity index (χ3n) is 3.22. The zero-order valence-corrected chi connectivity index (χ0v) is 10.4. The Morgan fingerprint density at radius 2 is 1.71 bits per heavy atom. The number of benzene rings is 2. The summed E-state index contributed by atoms with van der Waals surface area (Å²) in [5.41, 5.74) is 6.04. The van der Waals surface area contributed by atoms with Gasteiger partial charge in [-0.1, -0.05) is 49.4 Å². The Morgan fingerprint density at radius 1 is 1.00 bits per heavy atom. The molecule has 0 unspecified atom stereocenters. The first-order valence-electron chi connectivity index (χ1n) is 6.05. The van der Waals surface area contributed by atoms with E-state index in [0.717, 1.165) is 12.0 Å². The van der Waals surface area contributed by atoms with Crippen LogP contribution in [0.4, 0.5) is 0 Å². The first-order chi connectivity index (χ1) is 8.27. The third-order valence-corrected chi connectivity index (χ3v) is 3.22. The number of aliphatic hydroxyl groups excluding tert-OH is 1. The van der Waals surface area contributed by atoms with Gasteiger partial charge in [0.2, 0.25) is 0 Å². The van der Waals surface area contributed by atoms with Gasteiger partial charge in [0, 0.05) is 0 Å². The summed E-state index contributed by atoms with van der Waals surface area (Å²) in [7, 11) is 0. The van der Waals surface area contributed by atoms with Crippen LogP contribution in [0.25, 0.3) is 11.1 Å². The molecule has 0 bridgehead atoms. The maximum Gasteiger partial charge on any atom is 0.0687 e. The Balaban J connectivity index is 2.69. The van der Waals surface area contributed by atoms with Gasteiger partial charge in [0.05, 0.1) is 6.61 Å². The zero-order valence-electron chi connectivity index (χ0n) is 10.4. The molecule has 0 aliphatic rings. The van der Waals surface area contributed by atoms with Crippen LogP contribution in [-0.4, -0.2) is 5.11 Å². The van der Waals surface area contributed by atoms with Crippen molar-refractivity contribution in [1.29, 1.82) is 0 Å². The predicted molar refractivity (Wildman–Crippen MR) is 71.9 cm³/mol. The number of hydrogen-bond donors (Lipinski definition) is 1. The molecule has 2 aromatic rings. The van der Waals surface area contributed by atoms with Gasteiger partial charge in [0.15, 0.2) is 0 Å². The molecule has 0 radical (unpaired) electrons. The fourth-order valence-corrected chi connectivity index (χ4v) is 2.35. The lowest BCUT2D eigenvalue weighted by Gasteiger charge is -2.15. The van der Waals surface area contributed by atoms with Crippen LogP contribution in [0.1, 0.15) is 23.6 Å². The molecule has 1 N–H and O–H groups in total. The van der Waals surface area contributed by atoms with Crippen molar-refractivity contribution in [2.75, 3.05) is 0 Å². The Kier molecular flexibility index (Phi) is 3.60. The summed E-state index contributed by atoms with van der Waals surface area (Å²) < 4.78 is 0. The van der Waals surface area contributed by atoms with Gasteiger partial charge in [-0.15, -0.1) is 0 Å². The van der Waals surface area contributed by atoms with Crippen molar-refractivity contribution in [1.82, 2.24) is 0 Å². The van der Waals surface area contributed by atoms with Crippen LogP contribution < -0.4 is 0 Å². The SMILES string of the molecule is CCc1c(C)ccc(CO)c1-c1ccccc1. The molecule has 0 fully saturated rings. The lowest BCUT2D eigenvalue weighted by atomic mass is 9.90. The first kappa shape index (κ1) is 11.9.